The van der Waals surface area contributed by atoms with Gasteiger partial charge in [-0.05, 0) is 111 Å². The number of aliphatic imine (C=N–C) groups is 1. The molecule has 8 aromatic rings. The van der Waals surface area contributed by atoms with Crippen molar-refractivity contribution in [2.45, 2.75) is 69.7 Å². The summed E-state index contributed by atoms with van der Waals surface area (Å²) in [4.78, 5) is 63.8. The minimum absolute atomic E-state index is 0.0895. The molecule has 0 spiro atoms. The monoisotopic (exact) mass is 930 g/mol. The Bertz CT molecular complexity index is 3360. The van der Waals surface area contributed by atoms with Crippen LogP contribution < -0.4 is 10.6 Å². The molecule has 13 heteroatoms. The lowest BCUT2D eigenvalue weighted by molar-refractivity contribution is -0.135. The standard InChI is InChI=1S/C57H54N8O5/c1-5-50(69-3)62-52(33-12-8-6-9-13-33)55(66)63-51-32(2)42(51)22-25-49-58-43-23-20-39(28-45(43)59-49)37-18-16-36-27-38(19-17-35(36)26-37)40-21-24-44-46(29-40)61-54(60-44)48-31-41-30-47(41)65(48)56(67)53(64-57(68)70-4)34-14-10-7-11-15-34/h6-21,23-24,26-30,32,42,47-48,51-53H,5,22,25,31H2,1-4H3,(H,58,59)(H,60,61)(H,63,66)(H,64,68). The van der Waals surface area contributed by atoms with Crippen LogP contribution in [0.1, 0.15) is 74.0 Å². The summed E-state index contributed by atoms with van der Waals surface area (Å²) in [6.45, 7) is 4.17. The molecule has 70 heavy (non-hydrogen) atoms. The molecule has 13 nitrogen and oxygen atoms in total. The van der Waals surface area contributed by atoms with Gasteiger partial charge in [0.2, 0.25) is 5.91 Å². The van der Waals surface area contributed by atoms with Crippen LogP contribution in [0.3, 0.4) is 0 Å². The highest BCUT2D eigenvalue weighted by molar-refractivity contribution is 5.94. The van der Waals surface area contributed by atoms with Crippen molar-refractivity contribution in [2.24, 2.45) is 16.8 Å². The normalized spacial score (nSPS) is 20.2. The number of carbonyl (C=O) groups excluding carboxylic acids is 3. The Kier molecular flexibility index (Phi) is 11.7. The number of likely N-dealkylation sites (tertiary alicyclic amines) is 1. The summed E-state index contributed by atoms with van der Waals surface area (Å²) >= 11 is 0. The van der Waals surface area contributed by atoms with Gasteiger partial charge in [-0.2, -0.15) is 0 Å². The van der Waals surface area contributed by atoms with Crippen LogP contribution in [-0.4, -0.2) is 74.9 Å². The Morgan fingerprint density at radius 2 is 1.37 bits per heavy atom. The number of imidazole rings is 2. The number of aromatic nitrogens is 4. The predicted octanol–water partition coefficient (Wildman–Crippen LogP) is 10.5. The number of fused-ring (bicyclic) bond motifs is 4. The van der Waals surface area contributed by atoms with E-state index in [0.717, 1.165) is 79.3 Å². The van der Waals surface area contributed by atoms with Crippen LogP contribution >= 0.6 is 0 Å². The second-order valence-electron chi connectivity index (χ2n) is 18.7. The van der Waals surface area contributed by atoms with Crippen molar-refractivity contribution in [3.05, 3.63) is 168 Å². The highest BCUT2D eigenvalue weighted by Gasteiger charge is 2.50. The zero-order chi connectivity index (χ0) is 48.0. The molecule has 11 rings (SSSR count). The Morgan fingerprint density at radius 3 is 2.01 bits per heavy atom. The number of benzene rings is 6. The number of carbonyl (C=O) groups is 3. The highest BCUT2D eigenvalue weighted by atomic mass is 16.5. The second kappa shape index (κ2) is 18.4. The number of ether oxygens (including phenoxy) is 2. The van der Waals surface area contributed by atoms with Gasteiger partial charge in [-0.25, -0.2) is 19.8 Å². The van der Waals surface area contributed by atoms with Crippen molar-refractivity contribution in [1.29, 1.82) is 0 Å². The highest BCUT2D eigenvalue weighted by Crippen LogP contribution is 2.49. The van der Waals surface area contributed by atoms with Gasteiger partial charge in [-0.15, -0.1) is 0 Å². The molecule has 2 aliphatic carbocycles. The molecule has 0 radical (unpaired) electrons. The van der Waals surface area contributed by atoms with Gasteiger partial charge in [0.05, 0.1) is 48.4 Å². The van der Waals surface area contributed by atoms with E-state index in [1.54, 1.807) is 7.11 Å². The Morgan fingerprint density at radius 1 is 0.757 bits per heavy atom. The van der Waals surface area contributed by atoms with Crippen molar-refractivity contribution in [3.63, 3.8) is 0 Å². The van der Waals surface area contributed by atoms with Crippen LogP contribution in [0, 0.1) is 11.8 Å². The average Bonchev–Trinajstić information content (AvgIpc) is 4.02. The van der Waals surface area contributed by atoms with Crippen LogP contribution in [0.5, 0.6) is 0 Å². The van der Waals surface area contributed by atoms with Crippen LogP contribution in [-0.2, 0) is 25.5 Å². The van der Waals surface area contributed by atoms with E-state index in [1.807, 2.05) is 78.6 Å². The van der Waals surface area contributed by atoms with Gasteiger partial charge in [0.1, 0.15) is 17.7 Å². The summed E-state index contributed by atoms with van der Waals surface area (Å²) in [5.41, 5.74) is 10.7. The van der Waals surface area contributed by atoms with Crippen molar-refractivity contribution >= 4 is 56.6 Å². The molecule has 7 unspecified atom stereocenters. The summed E-state index contributed by atoms with van der Waals surface area (Å²) in [5.74, 6) is 2.61. The van der Waals surface area contributed by atoms with Gasteiger partial charge in [-0.1, -0.05) is 117 Å². The lowest BCUT2D eigenvalue weighted by Gasteiger charge is -2.30. The first-order valence-electron chi connectivity index (χ1n) is 24.1. The minimum atomic E-state index is -0.902. The fraction of sp³-hybridized carbons (Fsp3) is 0.263. The molecule has 1 saturated carbocycles. The number of amides is 3. The van der Waals surface area contributed by atoms with Crippen molar-refractivity contribution in [3.8, 4) is 22.3 Å². The van der Waals surface area contributed by atoms with E-state index in [1.165, 1.54) is 12.7 Å². The minimum Gasteiger partial charge on any atom is -0.484 e. The van der Waals surface area contributed by atoms with Gasteiger partial charge in [0, 0.05) is 18.9 Å². The predicted molar refractivity (Wildman–Crippen MR) is 272 cm³/mol. The van der Waals surface area contributed by atoms with E-state index in [-0.39, 0.29) is 29.9 Å². The summed E-state index contributed by atoms with van der Waals surface area (Å²) in [6, 6.07) is 42.8. The molecule has 352 valence electrons. The molecule has 1 aliphatic heterocycles. The van der Waals surface area contributed by atoms with Gasteiger partial charge >= 0.3 is 6.09 Å². The molecular formula is C57H54N8O5. The SMILES string of the molecule is CCC(=NC(C(=O)NC1C(C)C1CCc1nc2ccc(-c3ccc4cc(-c5ccc6nc(C7CC8=CC8N7C(=O)C(NC(=O)OC)c7ccccc7)[nH]c6c5)ccc4c3)cc2[nH]1)c1ccccc1)OC. The van der Waals surface area contributed by atoms with Crippen LogP contribution in [0.25, 0.3) is 55.1 Å². The number of nitrogens with one attached hydrogen (secondary N) is 4. The van der Waals surface area contributed by atoms with E-state index < -0.39 is 18.2 Å². The molecule has 3 amide bonds. The summed E-state index contributed by atoms with van der Waals surface area (Å²) in [5, 5.41) is 8.32. The van der Waals surface area contributed by atoms with Gasteiger partial charge in [-0.3, -0.25) is 9.59 Å². The number of methoxy groups -OCH3 is 2. The van der Waals surface area contributed by atoms with E-state index in [0.29, 0.717) is 42.0 Å². The number of nitrogens with zero attached hydrogens (tertiary/aromatic N) is 4. The van der Waals surface area contributed by atoms with E-state index in [4.69, 9.17) is 19.4 Å². The number of hydrogen-bond acceptors (Lipinski definition) is 8. The average molecular weight is 931 g/mol. The smallest absolute Gasteiger partial charge is 0.407 e. The summed E-state index contributed by atoms with van der Waals surface area (Å²) in [6.07, 6.45) is 4.41. The van der Waals surface area contributed by atoms with Crippen molar-refractivity contribution in [2.75, 3.05) is 14.2 Å². The Balaban J connectivity index is 0.754. The molecule has 3 aliphatic rings. The lowest BCUT2D eigenvalue weighted by atomic mass is 9.97. The molecule has 4 N–H and O–H groups in total. The first-order chi connectivity index (χ1) is 34.2. The van der Waals surface area contributed by atoms with Gasteiger partial charge in [0.25, 0.3) is 5.91 Å². The first-order valence-corrected chi connectivity index (χ1v) is 24.1. The number of hydrogen-bond donors (Lipinski definition) is 4. The number of aromatic amines is 2. The number of alkyl carbamates (subject to hydrolysis) is 1. The largest absolute Gasteiger partial charge is 0.484 e. The Labute approximate surface area is 405 Å². The Hall–Kier alpha value is -8.06. The second-order valence-corrected chi connectivity index (χ2v) is 18.7. The van der Waals surface area contributed by atoms with Crippen LogP contribution in [0.4, 0.5) is 4.79 Å². The zero-order valence-corrected chi connectivity index (χ0v) is 39.5. The topological polar surface area (TPSA) is 167 Å². The third kappa shape index (κ3) is 8.67. The van der Waals surface area contributed by atoms with Gasteiger partial charge in [0.15, 0.2) is 11.9 Å². The third-order valence-corrected chi connectivity index (χ3v) is 14.4. The molecule has 3 heterocycles. The maximum Gasteiger partial charge on any atom is 0.407 e. The quantitative estimate of drug-likeness (QED) is 0.0478. The molecule has 1 saturated heterocycles. The lowest BCUT2D eigenvalue weighted by Crippen LogP contribution is -2.44. The fourth-order valence-corrected chi connectivity index (χ4v) is 10.4. The maximum atomic E-state index is 14.3. The third-order valence-electron chi connectivity index (χ3n) is 14.4. The van der Waals surface area contributed by atoms with Crippen LogP contribution in [0.15, 0.2) is 150 Å². The van der Waals surface area contributed by atoms with Crippen molar-refractivity contribution in [1.82, 2.24) is 35.5 Å². The summed E-state index contributed by atoms with van der Waals surface area (Å²) in [7, 11) is 2.89. The van der Waals surface area contributed by atoms with E-state index in [9.17, 15) is 14.4 Å². The fourth-order valence-electron chi connectivity index (χ4n) is 10.4. The summed E-state index contributed by atoms with van der Waals surface area (Å²) < 4.78 is 10.3. The number of rotatable bonds is 14. The maximum absolute atomic E-state index is 14.3. The van der Waals surface area contributed by atoms with E-state index >= 15 is 0 Å². The van der Waals surface area contributed by atoms with Gasteiger partial charge < -0.3 is 35.0 Å². The molecular weight excluding hydrogens is 877 g/mol. The molecule has 2 fully saturated rings. The zero-order valence-electron chi connectivity index (χ0n) is 39.5. The number of aryl methyl sites for hydroxylation is 1. The molecule has 6 aromatic carbocycles. The molecule has 7 atom stereocenters. The van der Waals surface area contributed by atoms with Crippen molar-refractivity contribution < 1.29 is 23.9 Å². The first kappa shape index (κ1) is 44.4. The van der Waals surface area contributed by atoms with E-state index in [2.05, 4.69) is 105 Å². The number of H-pyrrole nitrogens is 2. The molecule has 2 aromatic heterocycles. The molecule has 0 bridgehead atoms. The van der Waals surface area contributed by atoms with Crippen LogP contribution in [0.2, 0.25) is 0 Å².